The fraction of sp³-hybridized carbons (Fsp3) is 0.0909. The maximum Gasteiger partial charge on any atom is 0.191 e. The van der Waals surface area contributed by atoms with Gasteiger partial charge in [0, 0.05) is 17.3 Å². The summed E-state index contributed by atoms with van der Waals surface area (Å²) < 4.78 is 5.22. The maximum absolute atomic E-state index is 10.4. The second-order valence-electron chi connectivity index (χ2n) is 6.31. The third-order valence-corrected chi connectivity index (χ3v) is 4.22. The van der Waals surface area contributed by atoms with Crippen LogP contribution in [0.2, 0.25) is 0 Å². The molecular formula is C22H21N5O2S. The fourth-order valence-corrected chi connectivity index (χ4v) is 2.66. The van der Waals surface area contributed by atoms with Crippen LogP contribution in [-0.2, 0) is 0 Å². The lowest BCUT2D eigenvalue weighted by Crippen LogP contribution is -2.23. The summed E-state index contributed by atoms with van der Waals surface area (Å²) in [5.41, 5.74) is 6.36. The smallest absolute Gasteiger partial charge is 0.191 e. The van der Waals surface area contributed by atoms with Crippen molar-refractivity contribution in [3.8, 4) is 11.5 Å². The summed E-state index contributed by atoms with van der Waals surface area (Å²) in [7, 11) is 1.47. The number of phenolic OH excluding ortho intramolecular Hbond substituents is 1. The molecular weight excluding hydrogens is 398 g/mol. The fourth-order valence-electron chi connectivity index (χ4n) is 2.49. The zero-order chi connectivity index (χ0) is 21.3. The van der Waals surface area contributed by atoms with Crippen molar-refractivity contribution in [3.05, 3.63) is 77.9 Å². The van der Waals surface area contributed by atoms with Crippen LogP contribution in [0.5, 0.6) is 11.5 Å². The molecule has 7 nitrogen and oxygen atoms in total. The SMILES string of the molecule is COc1cc(N=Nc2ccccc2)cc(C=NNC(=S)Nc2ccc(C)cc2)c1O. The van der Waals surface area contributed by atoms with E-state index in [0.29, 0.717) is 22.1 Å². The number of hydrogen-bond donors (Lipinski definition) is 3. The quantitative estimate of drug-likeness (QED) is 0.214. The van der Waals surface area contributed by atoms with Gasteiger partial charge in [0.2, 0.25) is 0 Å². The first kappa shape index (κ1) is 20.9. The number of nitrogens with zero attached hydrogens (tertiary/aromatic N) is 3. The predicted molar refractivity (Wildman–Crippen MR) is 123 cm³/mol. The molecule has 0 atom stereocenters. The first-order chi connectivity index (χ1) is 14.5. The van der Waals surface area contributed by atoms with Gasteiger partial charge >= 0.3 is 0 Å². The number of thiocarbonyl (C=S) groups is 1. The van der Waals surface area contributed by atoms with Gasteiger partial charge in [0.15, 0.2) is 16.6 Å². The average molecular weight is 420 g/mol. The number of rotatable bonds is 6. The molecule has 30 heavy (non-hydrogen) atoms. The molecule has 0 unspecified atom stereocenters. The Labute approximate surface area is 180 Å². The number of methoxy groups -OCH3 is 1. The summed E-state index contributed by atoms with van der Waals surface area (Å²) >= 11 is 5.23. The van der Waals surface area contributed by atoms with E-state index >= 15 is 0 Å². The minimum atomic E-state index is -0.0564. The second-order valence-corrected chi connectivity index (χ2v) is 6.72. The number of phenols is 1. The number of aromatic hydroxyl groups is 1. The zero-order valence-corrected chi connectivity index (χ0v) is 17.4. The van der Waals surface area contributed by atoms with E-state index in [1.807, 2.05) is 61.5 Å². The van der Waals surface area contributed by atoms with Crippen LogP contribution in [-0.4, -0.2) is 23.5 Å². The van der Waals surface area contributed by atoms with Gasteiger partial charge in [-0.2, -0.15) is 15.3 Å². The molecule has 8 heteroatoms. The molecule has 152 valence electrons. The molecule has 0 amide bonds. The van der Waals surface area contributed by atoms with E-state index in [0.717, 1.165) is 11.3 Å². The van der Waals surface area contributed by atoms with Gasteiger partial charge in [0.1, 0.15) is 0 Å². The molecule has 0 aromatic heterocycles. The Hall–Kier alpha value is -3.78. The van der Waals surface area contributed by atoms with Gasteiger partial charge in [-0.25, -0.2) is 0 Å². The molecule has 0 heterocycles. The number of hydrogen-bond acceptors (Lipinski definition) is 6. The monoisotopic (exact) mass is 419 g/mol. The van der Waals surface area contributed by atoms with Crippen LogP contribution in [0, 0.1) is 6.92 Å². The average Bonchev–Trinajstić information content (AvgIpc) is 2.76. The molecule has 3 N–H and O–H groups in total. The highest BCUT2D eigenvalue weighted by atomic mass is 32.1. The van der Waals surface area contributed by atoms with Crippen LogP contribution in [0.3, 0.4) is 0 Å². The minimum Gasteiger partial charge on any atom is -0.504 e. The molecule has 0 fully saturated rings. The normalized spacial score (nSPS) is 11.0. The van der Waals surface area contributed by atoms with Crippen LogP contribution in [0.1, 0.15) is 11.1 Å². The Kier molecular flexibility index (Phi) is 7.07. The lowest BCUT2D eigenvalue weighted by atomic mass is 10.2. The lowest BCUT2D eigenvalue weighted by Gasteiger charge is -2.08. The number of ether oxygens (including phenoxy) is 1. The minimum absolute atomic E-state index is 0.0564. The Bertz CT molecular complexity index is 1070. The molecule has 3 aromatic carbocycles. The topological polar surface area (TPSA) is 90.6 Å². The molecule has 0 radical (unpaired) electrons. The number of anilines is 1. The van der Waals surface area contributed by atoms with E-state index in [1.165, 1.54) is 13.3 Å². The molecule has 0 spiro atoms. The number of nitrogens with one attached hydrogen (secondary N) is 2. The first-order valence-corrected chi connectivity index (χ1v) is 9.50. The van der Waals surface area contributed by atoms with Crippen molar-refractivity contribution < 1.29 is 9.84 Å². The van der Waals surface area contributed by atoms with Crippen molar-refractivity contribution in [2.45, 2.75) is 6.92 Å². The molecule has 0 saturated heterocycles. The highest BCUT2D eigenvalue weighted by Gasteiger charge is 2.09. The first-order valence-electron chi connectivity index (χ1n) is 9.09. The second kappa shape index (κ2) is 10.1. The van der Waals surface area contributed by atoms with E-state index in [2.05, 4.69) is 26.1 Å². The van der Waals surface area contributed by atoms with Gasteiger partial charge in [0.25, 0.3) is 0 Å². The van der Waals surface area contributed by atoms with Crippen molar-refractivity contribution in [1.29, 1.82) is 0 Å². The van der Waals surface area contributed by atoms with Gasteiger partial charge in [-0.05, 0) is 49.5 Å². The van der Waals surface area contributed by atoms with Crippen LogP contribution < -0.4 is 15.5 Å². The van der Waals surface area contributed by atoms with Gasteiger partial charge in [-0.3, -0.25) is 5.43 Å². The predicted octanol–water partition coefficient (Wildman–Crippen LogP) is 5.45. The van der Waals surface area contributed by atoms with Crippen molar-refractivity contribution in [2.75, 3.05) is 12.4 Å². The molecule has 0 aliphatic heterocycles. The third kappa shape index (κ3) is 5.86. The summed E-state index contributed by atoms with van der Waals surface area (Å²) in [4.78, 5) is 0. The number of hydrazone groups is 1. The van der Waals surface area contributed by atoms with Crippen molar-refractivity contribution in [1.82, 2.24) is 5.43 Å². The largest absolute Gasteiger partial charge is 0.504 e. The Morgan fingerprint density at radius 1 is 1.00 bits per heavy atom. The van der Waals surface area contributed by atoms with Crippen molar-refractivity contribution >= 4 is 40.6 Å². The number of benzene rings is 3. The Balaban J connectivity index is 1.71. The molecule has 0 aliphatic rings. The standard InChI is InChI=1S/C22H21N5O2S/c1-15-8-10-17(11-9-15)24-22(30)27-23-14-16-12-19(13-20(29-2)21(16)28)26-25-18-6-4-3-5-7-18/h3-14,28H,1-2H3,(H2,24,27,30). The molecule has 3 rings (SSSR count). The summed E-state index contributed by atoms with van der Waals surface area (Å²) in [6.45, 7) is 2.01. The molecule has 0 saturated carbocycles. The molecule has 0 aliphatic carbocycles. The highest BCUT2D eigenvalue weighted by Crippen LogP contribution is 2.34. The van der Waals surface area contributed by atoms with E-state index in [-0.39, 0.29) is 11.5 Å². The summed E-state index contributed by atoms with van der Waals surface area (Å²) in [6.07, 6.45) is 1.43. The Morgan fingerprint density at radius 2 is 1.70 bits per heavy atom. The summed E-state index contributed by atoms with van der Waals surface area (Å²) in [5.74, 6) is 0.209. The van der Waals surface area contributed by atoms with Gasteiger partial charge < -0.3 is 15.2 Å². The zero-order valence-electron chi connectivity index (χ0n) is 16.5. The van der Waals surface area contributed by atoms with E-state index in [1.54, 1.807) is 12.1 Å². The van der Waals surface area contributed by atoms with E-state index in [9.17, 15) is 5.11 Å². The highest BCUT2D eigenvalue weighted by molar-refractivity contribution is 7.80. The summed E-state index contributed by atoms with van der Waals surface area (Å²) in [6, 6.07) is 20.4. The van der Waals surface area contributed by atoms with Gasteiger partial charge in [-0.1, -0.05) is 35.9 Å². The lowest BCUT2D eigenvalue weighted by molar-refractivity contribution is 0.373. The van der Waals surface area contributed by atoms with E-state index < -0.39 is 0 Å². The van der Waals surface area contributed by atoms with Crippen molar-refractivity contribution in [3.63, 3.8) is 0 Å². The number of aryl methyl sites for hydroxylation is 1. The van der Waals surface area contributed by atoms with E-state index in [4.69, 9.17) is 17.0 Å². The van der Waals surface area contributed by atoms with Crippen LogP contribution in [0.25, 0.3) is 0 Å². The third-order valence-electron chi connectivity index (χ3n) is 4.03. The Morgan fingerprint density at radius 3 is 2.40 bits per heavy atom. The van der Waals surface area contributed by atoms with Crippen molar-refractivity contribution in [2.24, 2.45) is 15.3 Å². The number of azo groups is 1. The van der Waals surface area contributed by atoms with Gasteiger partial charge in [0.05, 0.1) is 24.7 Å². The van der Waals surface area contributed by atoms with Crippen LogP contribution in [0.4, 0.5) is 17.1 Å². The van der Waals surface area contributed by atoms with Crippen LogP contribution in [0.15, 0.2) is 82.1 Å². The van der Waals surface area contributed by atoms with Crippen LogP contribution >= 0.6 is 12.2 Å². The molecule has 3 aromatic rings. The van der Waals surface area contributed by atoms with Gasteiger partial charge in [-0.15, -0.1) is 0 Å². The maximum atomic E-state index is 10.4. The molecule has 0 bridgehead atoms. The summed E-state index contributed by atoms with van der Waals surface area (Å²) in [5, 5.41) is 26.2.